The molecule has 0 amide bonds. The summed E-state index contributed by atoms with van der Waals surface area (Å²) in [5.74, 6) is 0.226. The molecule has 0 aromatic heterocycles. The van der Waals surface area contributed by atoms with Gasteiger partial charge in [0.2, 0.25) is 0 Å². The molecular formula is C17H15NO. The average Bonchev–Trinajstić information content (AvgIpc) is 2.47. The molecule has 0 fully saturated rings. The Balaban J connectivity index is 1.88. The fraction of sp³-hybridized carbons (Fsp3) is 0.118. The number of anilines is 1. The van der Waals surface area contributed by atoms with Crippen molar-refractivity contribution < 1.29 is 4.79 Å². The zero-order chi connectivity index (χ0) is 13.1. The summed E-state index contributed by atoms with van der Waals surface area (Å²) in [4.78, 5) is 11.8. The molecule has 2 nitrogen and oxygen atoms in total. The summed E-state index contributed by atoms with van der Waals surface area (Å²) in [6.07, 6.45) is 4.68. The van der Waals surface area contributed by atoms with Gasteiger partial charge in [0, 0.05) is 24.2 Å². The Morgan fingerprint density at radius 1 is 0.947 bits per heavy atom. The maximum absolute atomic E-state index is 11.8. The number of nitrogens with one attached hydrogen (secondary N) is 1. The van der Waals surface area contributed by atoms with Crippen molar-refractivity contribution in [3.05, 3.63) is 65.2 Å². The van der Waals surface area contributed by atoms with Crippen molar-refractivity contribution in [3.63, 3.8) is 0 Å². The van der Waals surface area contributed by atoms with Crippen LogP contribution in [0.15, 0.2) is 48.5 Å². The Hall–Kier alpha value is -2.35. The third-order valence-electron chi connectivity index (χ3n) is 3.28. The number of hydrogen-bond donors (Lipinski definition) is 1. The third-order valence-corrected chi connectivity index (χ3v) is 3.28. The molecule has 94 valence electrons. The number of Topliss-reactive ketones (excluding diaryl/α,β-unsaturated/α-hetero) is 1. The van der Waals surface area contributed by atoms with E-state index in [2.05, 4.69) is 23.5 Å². The van der Waals surface area contributed by atoms with Gasteiger partial charge in [-0.05, 0) is 23.3 Å². The number of hydrogen-bond acceptors (Lipinski definition) is 2. The van der Waals surface area contributed by atoms with Crippen molar-refractivity contribution in [2.24, 2.45) is 0 Å². The lowest BCUT2D eigenvalue weighted by Crippen LogP contribution is -2.17. The van der Waals surface area contributed by atoms with E-state index >= 15 is 0 Å². The fourth-order valence-corrected chi connectivity index (χ4v) is 2.25. The van der Waals surface area contributed by atoms with Gasteiger partial charge in [0.25, 0.3) is 0 Å². The smallest absolute Gasteiger partial charge is 0.166 e. The van der Waals surface area contributed by atoms with Crippen molar-refractivity contribution in [1.82, 2.24) is 0 Å². The number of carbonyl (C=O) groups excluding carboxylic acids is 1. The van der Waals surface area contributed by atoms with Crippen molar-refractivity contribution >= 4 is 23.6 Å². The van der Waals surface area contributed by atoms with Crippen LogP contribution in [0.5, 0.6) is 0 Å². The van der Waals surface area contributed by atoms with Crippen molar-refractivity contribution in [2.75, 3.05) is 11.9 Å². The lowest BCUT2D eigenvalue weighted by Gasteiger charge is -2.17. The molecule has 0 bridgehead atoms. The molecule has 0 atom stereocenters. The summed E-state index contributed by atoms with van der Waals surface area (Å²) in [7, 11) is 0. The minimum Gasteiger partial charge on any atom is -0.384 e. The first-order chi connectivity index (χ1) is 9.33. The molecule has 0 saturated heterocycles. The Bertz CT molecular complexity index is 629. The molecule has 19 heavy (non-hydrogen) atoms. The molecule has 0 unspecified atom stereocenters. The quantitative estimate of drug-likeness (QED) is 0.819. The fourth-order valence-electron chi connectivity index (χ4n) is 2.25. The molecule has 3 rings (SSSR count). The van der Waals surface area contributed by atoms with Gasteiger partial charge in [0.1, 0.15) is 0 Å². The van der Waals surface area contributed by atoms with Crippen LogP contribution in [0.3, 0.4) is 0 Å². The monoisotopic (exact) mass is 249 g/mol. The van der Waals surface area contributed by atoms with Crippen LogP contribution in [0, 0.1) is 0 Å². The molecule has 0 saturated carbocycles. The van der Waals surface area contributed by atoms with Gasteiger partial charge in [-0.1, -0.05) is 48.6 Å². The molecule has 1 aliphatic rings. The number of fused-ring (bicyclic) bond motifs is 1. The third kappa shape index (κ3) is 2.58. The van der Waals surface area contributed by atoms with Crippen LogP contribution in [0.1, 0.15) is 27.9 Å². The van der Waals surface area contributed by atoms with Gasteiger partial charge < -0.3 is 5.32 Å². The van der Waals surface area contributed by atoms with Gasteiger partial charge in [-0.2, -0.15) is 0 Å². The molecule has 1 heterocycles. The van der Waals surface area contributed by atoms with Gasteiger partial charge in [-0.25, -0.2) is 0 Å². The summed E-state index contributed by atoms with van der Waals surface area (Å²) in [5, 5.41) is 3.25. The zero-order valence-electron chi connectivity index (χ0n) is 10.6. The van der Waals surface area contributed by atoms with E-state index in [4.69, 9.17) is 0 Å². The topological polar surface area (TPSA) is 29.1 Å². The summed E-state index contributed by atoms with van der Waals surface area (Å²) in [5.41, 5.74) is 3.97. The Morgan fingerprint density at radius 2 is 1.74 bits per heavy atom. The summed E-state index contributed by atoms with van der Waals surface area (Å²) in [6.45, 7) is 0.741. The van der Waals surface area contributed by atoms with Crippen LogP contribution in [-0.2, 0) is 0 Å². The second-order valence-corrected chi connectivity index (χ2v) is 4.65. The standard InChI is InChI=1S/C17H15NO/c19-17-10-11-18-16-9-8-14(12-15(16)17)7-6-13-4-2-1-3-5-13/h1-9,12,18H,10-11H2/b7-6+. The van der Waals surface area contributed by atoms with E-state index in [1.807, 2.05) is 42.5 Å². The van der Waals surface area contributed by atoms with E-state index in [1.165, 1.54) is 0 Å². The largest absolute Gasteiger partial charge is 0.384 e. The summed E-state index contributed by atoms with van der Waals surface area (Å²) < 4.78 is 0. The van der Waals surface area contributed by atoms with Gasteiger partial charge in [0.05, 0.1) is 0 Å². The first-order valence-electron chi connectivity index (χ1n) is 6.47. The number of rotatable bonds is 2. The van der Waals surface area contributed by atoms with Crippen LogP contribution < -0.4 is 5.32 Å². The van der Waals surface area contributed by atoms with Crippen molar-refractivity contribution in [1.29, 1.82) is 0 Å². The summed E-state index contributed by atoms with van der Waals surface area (Å²) >= 11 is 0. The van der Waals surface area contributed by atoms with Crippen molar-refractivity contribution in [2.45, 2.75) is 6.42 Å². The molecule has 2 heteroatoms. The Labute approximate surface area is 112 Å². The van der Waals surface area contributed by atoms with Gasteiger partial charge >= 0.3 is 0 Å². The van der Waals surface area contributed by atoms with Gasteiger partial charge in [-0.3, -0.25) is 4.79 Å². The van der Waals surface area contributed by atoms with Crippen LogP contribution in [-0.4, -0.2) is 12.3 Å². The number of carbonyl (C=O) groups is 1. The first-order valence-corrected chi connectivity index (χ1v) is 6.47. The lowest BCUT2D eigenvalue weighted by molar-refractivity contribution is 0.0983. The SMILES string of the molecule is O=C1CCNc2ccc(/C=C/c3ccccc3)cc21. The van der Waals surface area contributed by atoms with Crippen LogP contribution >= 0.6 is 0 Å². The van der Waals surface area contributed by atoms with E-state index in [0.717, 1.165) is 28.9 Å². The lowest BCUT2D eigenvalue weighted by atomic mass is 9.99. The van der Waals surface area contributed by atoms with Crippen LogP contribution in [0.25, 0.3) is 12.2 Å². The van der Waals surface area contributed by atoms with E-state index in [1.54, 1.807) is 0 Å². The van der Waals surface area contributed by atoms with Crippen LogP contribution in [0.4, 0.5) is 5.69 Å². The number of benzene rings is 2. The molecule has 0 radical (unpaired) electrons. The molecule has 2 aromatic rings. The van der Waals surface area contributed by atoms with E-state index < -0.39 is 0 Å². The first kappa shape index (κ1) is 11.7. The van der Waals surface area contributed by atoms with Gasteiger partial charge in [-0.15, -0.1) is 0 Å². The van der Waals surface area contributed by atoms with E-state index in [-0.39, 0.29) is 5.78 Å². The van der Waals surface area contributed by atoms with E-state index in [9.17, 15) is 4.79 Å². The molecule has 0 spiro atoms. The molecule has 1 aliphatic heterocycles. The summed E-state index contributed by atoms with van der Waals surface area (Å²) in [6, 6.07) is 16.1. The van der Waals surface area contributed by atoms with Gasteiger partial charge in [0.15, 0.2) is 5.78 Å². The second-order valence-electron chi connectivity index (χ2n) is 4.65. The highest BCUT2D eigenvalue weighted by atomic mass is 16.1. The maximum Gasteiger partial charge on any atom is 0.166 e. The molecule has 1 N–H and O–H groups in total. The normalized spacial score (nSPS) is 14.2. The average molecular weight is 249 g/mol. The highest BCUT2D eigenvalue weighted by Gasteiger charge is 2.16. The van der Waals surface area contributed by atoms with Crippen LogP contribution in [0.2, 0.25) is 0 Å². The second kappa shape index (κ2) is 5.11. The highest BCUT2D eigenvalue weighted by molar-refractivity contribution is 6.03. The Kier molecular flexibility index (Phi) is 3.15. The van der Waals surface area contributed by atoms with Crippen molar-refractivity contribution in [3.8, 4) is 0 Å². The van der Waals surface area contributed by atoms with E-state index in [0.29, 0.717) is 6.42 Å². The Morgan fingerprint density at radius 3 is 2.58 bits per heavy atom. The number of ketones is 1. The zero-order valence-corrected chi connectivity index (χ0v) is 10.6. The maximum atomic E-state index is 11.8. The minimum atomic E-state index is 0.226. The minimum absolute atomic E-state index is 0.226. The molecule has 2 aromatic carbocycles. The highest BCUT2D eigenvalue weighted by Crippen LogP contribution is 2.23. The predicted molar refractivity (Wildman–Crippen MR) is 79.2 cm³/mol. The molecule has 0 aliphatic carbocycles. The molecular weight excluding hydrogens is 234 g/mol. The predicted octanol–water partition coefficient (Wildman–Crippen LogP) is 3.86.